The number of benzene rings is 1. The number of rotatable bonds is 11. The van der Waals surface area contributed by atoms with Gasteiger partial charge in [-0.15, -0.1) is 0 Å². The Morgan fingerprint density at radius 2 is 1.80 bits per heavy atom. The van der Waals surface area contributed by atoms with Crippen LogP contribution in [-0.4, -0.2) is 52.4 Å². The Hall–Kier alpha value is -2.76. The van der Waals surface area contributed by atoms with Crippen molar-refractivity contribution in [3.8, 4) is 5.75 Å². The zero-order chi connectivity index (χ0) is 22.1. The Bertz CT molecular complexity index is 811. The maximum Gasteiger partial charge on any atom is 0.242 e. The number of nitrogens with zero attached hydrogens (tertiary/aromatic N) is 3. The number of carbonyl (C=O) groups is 2. The molecule has 0 saturated carbocycles. The first-order valence-corrected chi connectivity index (χ1v) is 10.7. The first-order chi connectivity index (χ1) is 14.3. The molecule has 0 aliphatic carbocycles. The topological polar surface area (TPSA) is 54.8 Å². The lowest BCUT2D eigenvalue weighted by molar-refractivity contribution is -0.142. The van der Waals surface area contributed by atoms with Crippen molar-refractivity contribution in [3.63, 3.8) is 0 Å². The average molecular weight is 414 g/mol. The molecular weight excluding hydrogens is 378 g/mol. The fourth-order valence-corrected chi connectivity index (χ4v) is 3.32. The molecule has 2 rings (SSSR count). The van der Waals surface area contributed by atoms with Crippen LogP contribution < -0.4 is 4.74 Å². The van der Waals surface area contributed by atoms with Crippen molar-refractivity contribution in [2.24, 2.45) is 7.05 Å². The van der Waals surface area contributed by atoms with Crippen molar-refractivity contribution >= 4 is 11.8 Å². The van der Waals surface area contributed by atoms with Gasteiger partial charge in [-0.3, -0.25) is 9.59 Å². The van der Waals surface area contributed by atoms with Crippen LogP contribution in [0.15, 0.2) is 42.6 Å². The Balaban J connectivity index is 2.08. The van der Waals surface area contributed by atoms with Crippen molar-refractivity contribution in [2.45, 2.75) is 52.6 Å². The van der Waals surface area contributed by atoms with E-state index in [0.717, 1.165) is 29.8 Å². The highest BCUT2D eigenvalue weighted by Crippen LogP contribution is 2.14. The number of aryl methyl sites for hydroxylation is 1. The number of hydrogen-bond donors (Lipinski definition) is 0. The second-order valence-corrected chi connectivity index (χ2v) is 7.92. The van der Waals surface area contributed by atoms with Crippen LogP contribution in [0.5, 0.6) is 5.75 Å². The molecule has 30 heavy (non-hydrogen) atoms. The van der Waals surface area contributed by atoms with Crippen molar-refractivity contribution < 1.29 is 14.3 Å². The highest BCUT2D eigenvalue weighted by atomic mass is 16.5. The minimum Gasteiger partial charge on any atom is -0.497 e. The first-order valence-electron chi connectivity index (χ1n) is 10.7. The van der Waals surface area contributed by atoms with Gasteiger partial charge in [0.15, 0.2) is 0 Å². The van der Waals surface area contributed by atoms with E-state index in [2.05, 4.69) is 6.92 Å². The molecule has 0 saturated heterocycles. The molecule has 0 unspecified atom stereocenters. The molecule has 6 heteroatoms. The molecule has 0 aliphatic heterocycles. The van der Waals surface area contributed by atoms with Gasteiger partial charge >= 0.3 is 0 Å². The number of ether oxygens (including phenoxy) is 1. The highest BCUT2D eigenvalue weighted by Gasteiger charge is 2.24. The summed E-state index contributed by atoms with van der Waals surface area (Å²) in [5.74, 6) is 0.702. The molecule has 164 valence electrons. The summed E-state index contributed by atoms with van der Waals surface area (Å²) in [4.78, 5) is 29.7. The van der Waals surface area contributed by atoms with Crippen LogP contribution in [0.2, 0.25) is 0 Å². The molecule has 0 fully saturated rings. The van der Waals surface area contributed by atoms with E-state index in [-0.39, 0.29) is 30.8 Å². The predicted octanol–water partition coefficient (Wildman–Crippen LogP) is 3.64. The Kier molecular flexibility index (Phi) is 8.96. The molecule has 1 aromatic heterocycles. The van der Waals surface area contributed by atoms with E-state index in [0.29, 0.717) is 13.1 Å². The van der Waals surface area contributed by atoms with Gasteiger partial charge in [-0.25, -0.2) is 0 Å². The number of methoxy groups -OCH3 is 1. The summed E-state index contributed by atoms with van der Waals surface area (Å²) in [6.45, 7) is 7.37. The summed E-state index contributed by atoms with van der Waals surface area (Å²) in [6, 6.07) is 11.4. The number of carbonyl (C=O) groups excluding carboxylic acids is 2. The lowest BCUT2D eigenvalue weighted by atomic mass is 10.1. The van der Waals surface area contributed by atoms with Crippen molar-refractivity contribution in [1.82, 2.24) is 14.4 Å². The van der Waals surface area contributed by atoms with Crippen LogP contribution >= 0.6 is 0 Å². The molecule has 1 heterocycles. The van der Waals surface area contributed by atoms with Gasteiger partial charge in [0.05, 0.1) is 26.6 Å². The SMILES string of the molecule is CCCCN(Cc1cccn1C)C(=O)CN(C(=O)Cc1ccc(OC)cc1)C(C)C. The van der Waals surface area contributed by atoms with Crippen LogP contribution in [0, 0.1) is 0 Å². The van der Waals surface area contributed by atoms with Crippen molar-refractivity contribution in [2.75, 3.05) is 20.2 Å². The van der Waals surface area contributed by atoms with E-state index in [1.165, 1.54) is 0 Å². The molecule has 0 N–H and O–H groups in total. The molecule has 0 bridgehead atoms. The lowest BCUT2D eigenvalue weighted by Gasteiger charge is -2.30. The summed E-state index contributed by atoms with van der Waals surface area (Å²) in [6.07, 6.45) is 4.21. The largest absolute Gasteiger partial charge is 0.497 e. The van der Waals surface area contributed by atoms with Gasteiger partial charge in [-0.05, 0) is 50.1 Å². The van der Waals surface area contributed by atoms with Gasteiger partial charge in [0.2, 0.25) is 11.8 Å². The molecule has 0 aliphatic rings. The second kappa shape index (κ2) is 11.4. The molecule has 2 aromatic rings. The maximum absolute atomic E-state index is 13.1. The van der Waals surface area contributed by atoms with E-state index in [1.807, 2.05) is 73.0 Å². The monoisotopic (exact) mass is 413 g/mol. The van der Waals surface area contributed by atoms with Crippen LogP contribution in [-0.2, 0) is 29.6 Å². The molecular formula is C24H35N3O3. The number of aromatic nitrogens is 1. The zero-order valence-electron chi connectivity index (χ0n) is 18.9. The Morgan fingerprint density at radius 1 is 1.10 bits per heavy atom. The highest BCUT2D eigenvalue weighted by molar-refractivity contribution is 5.86. The Labute approximate surface area is 180 Å². The standard InChI is InChI=1S/C24H35N3O3/c1-6-7-15-26(17-21-9-8-14-25(21)4)24(29)18-27(19(2)3)23(28)16-20-10-12-22(30-5)13-11-20/h8-14,19H,6-7,15-18H2,1-5H3. The summed E-state index contributed by atoms with van der Waals surface area (Å²) < 4.78 is 7.20. The van der Waals surface area contributed by atoms with Crippen LogP contribution in [0.4, 0.5) is 0 Å². The minimum atomic E-state index is -0.0530. The van der Waals surface area contributed by atoms with Gasteiger partial charge in [-0.2, -0.15) is 0 Å². The third-order valence-electron chi connectivity index (χ3n) is 5.30. The van der Waals surface area contributed by atoms with Gasteiger partial charge in [0, 0.05) is 31.5 Å². The third-order valence-corrected chi connectivity index (χ3v) is 5.30. The van der Waals surface area contributed by atoms with E-state index in [1.54, 1.807) is 12.0 Å². The van der Waals surface area contributed by atoms with Crippen molar-refractivity contribution in [3.05, 3.63) is 53.9 Å². The Morgan fingerprint density at radius 3 is 2.33 bits per heavy atom. The fourth-order valence-electron chi connectivity index (χ4n) is 3.32. The van der Waals surface area contributed by atoms with Gasteiger partial charge in [-0.1, -0.05) is 25.5 Å². The minimum absolute atomic E-state index is 0.0126. The van der Waals surface area contributed by atoms with E-state index >= 15 is 0 Å². The third kappa shape index (κ3) is 6.65. The first kappa shape index (κ1) is 23.5. The van der Waals surface area contributed by atoms with Crippen LogP contribution in [0.3, 0.4) is 0 Å². The molecule has 6 nitrogen and oxygen atoms in total. The van der Waals surface area contributed by atoms with Gasteiger partial charge in [0.1, 0.15) is 5.75 Å². The smallest absolute Gasteiger partial charge is 0.242 e. The molecule has 2 amide bonds. The summed E-state index contributed by atoms with van der Waals surface area (Å²) in [5, 5.41) is 0. The lowest BCUT2D eigenvalue weighted by Crippen LogP contribution is -2.46. The maximum atomic E-state index is 13.1. The quantitative estimate of drug-likeness (QED) is 0.565. The molecule has 0 radical (unpaired) electrons. The summed E-state index contributed by atoms with van der Waals surface area (Å²) >= 11 is 0. The van der Waals surface area contributed by atoms with Gasteiger partial charge < -0.3 is 19.1 Å². The molecule has 0 spiro atoms. The molecule has 1 aromatic carbocycles. The number of amides is 2. The summed E-state index contributed by atoms with van der Waals surface area (Å²) in [7, 11) is 3.60. The van der Waals surface area contributed by atoms with E-state index < -0.39 is 0 Å². The predicted molar refractivity (Wildman–Crippen MR) is 119 cm³/mol. The zero-order valence-corrected chi connectivity index (χ0v) is 18.9. The van der Waals surface area contributed by atoms with Crippen molar-refractivity contribution in [1.29, 1.82) is 0 Å². The number of unbranched alkanes of at least 4 members (excludes halogenated alkanes) is 1. The van der Waals surface area contributed by atoms with Gasteiger partial charge in [0.25, 0.3) is 0 Å². The van der Waals surface area contributed by atoms with E-state index in [9.17, 15) is 9.59 Å². The average Bonchev–Trinajstić information content (AvgIpc) is 3.13. The summed E-state index contributed by atoms with van der Waals surface area (Å²) in [5.41, 5.74) is 1.99. The van der Waals surface area contributed by atoms with Crippen LogP contribution in [0.25, 0.3) is 0 Å². The normalized spacial score (nSPS) is 10.9. The van der Waals surface area contributed by atoms with E-state index in [4.69, 9.17) is 4.74 Å². The number of hydrogen-bond acceptors (Lipinski definition) is 3. The molecule has 0 atom stereocenters. The van der Waals surface area contributed by atoms with Crippen LogP contribution in [0.1, 0.15) is 44.9 Å². The second-order valence-electron chi connectivity index (χ2n) is 7.92. The fraction of sp³-hybridized carbons (Fsp3) is 0.500.